The Morgan fingerprint density at radius 3 is 2.65 bits per heavy atom. The fourth-order valence-electron chi connectivity index (χ4n) is 2.46. The first kappa shape index (κ1) is 12.6. The summed E-state index contributed by atoms with van der Waals surface area (Å²) in [7, 11) is 0. The Kier molecular flexibility index (Phi) is 2.89. The van der Waals surface area contributed by atoms with E-state index in [-0.39, 0.29) is 11.4 Å². The molecule has 2 aromatic heterocycles. The summed E-state index contributed by atoms with van der Waals surface area (Å²) < 4.78 is 14.7. The second kappa shape index (κ2) is 4.59. The molecule has 1 N–H and O–H groups in total. The van der Waals surface area contributed by atoms with Crippen LogP contribution in [0.5, 0.6) is 0 Å². The minimum Gasteiger partial charge on any atom is -0.306 e. The Morgan fingerprint density at radius 2 is 2.00 bits per heavy atom. The standard InChI is InChI=1S/C15H14FN3O/c1-3-10-8-13(20)17-15-14(10)9(2)18-19(15)12-6-4-11(16)5-7-12/h4-8H,3H2,1-2H3,(H,17,20). The molecule has 0 aliphatic carbocycles. The number of benzene rings is 1. The number of hydrogen-bond acceptors (Lipinski definition) is 2. The molecule has 5 heteroatoms. The molecular formula is C15H14FN3O. The minimum atomic E-state index is -0.301. The maximum absolute atomic E-state index is 13.0. The first-order chi connectivity index (χ1) is 9.60. The fourth-order valence-corrected chi connectivity index (χ4v) is 2.46. The maximum atomic E-state index is 13.0. The van der Waals surface area contributed by atoms with E-state index in [2.05, 4.69) is 10.1 Å². The maximum Gasteiger partial charge on any atom is 0.249 e. The predicted molar refractivity (Wildman–Crippen MR) is 75.8 cm³/mol. The molecule has 1 aromatic carbocycles. The van der Waals surface area contributed by atoms with E-state index in [1.165, 1.54) is 12.1 Å². The van der Waals surface area contributed by atoms with E-state index >= 15 is 0 Å². The van der Waals surface area contributed by atoms with E-state index in [4.69, 9.17) is 0 Å². The van der Waals surface area contributed by atoms with Gasteiger partial charge in [-0.25, -0.2) is 9.07 Å². The van der Waals surface area contributed by atoms with E-state index in [1.54, 1.807) is 22.9 Å². The molecule has 0 aliphatic heterocycles. The second-order valence-electron chi connectivity index (χ2n) is 4.71. The van der Waals surface area contributed by atoms with Crippen LogP contribution >= 0.6 is 0 Å². The molecule has 2 heterocycles. The summed E-state index contributed by atoms with van der Waals surface area (Å²) in [5, 5.41) is 5.42. The number of H-pyrrole nitrogens is 1. The lowest BCUT2D eigenvalue weighted by molar-refractivity contribution is 0.627. The van der Waals surface area contributed by atoms with Crippen LogP contribution in [0.4, 0.5) is 4.39 Å². The van der Waals surface area contributed by atoms with Crippen molar-refractivity contribution in [1.82, 2.24) is 14.8 Å². The van der Waals surface area contributed by atoms with Gasteiger partial charge in [-0.05, 0) is 43.2 Å². The Balaban J connectivity index is 2.35. The molecule has 0 atom stereocenters. The summed E-state index contributed by atoms with van der Waals surface area (Å²) in [4.78, 5) is 14.6. The first-order valence-electron chi connectivity index (χ1n) is 6.47. The van der Waals surface area contributed by atoms with Crippen molar-refractivity contribution in [3.8, 4) is 5.69 Å². The highest BCUT2D eigenvalue weighted by molar-refractivity contribution is 5.83. The fraction of sp³-hybridized carbons (Fsp3) is 0.200. The molecule has 0 unspecified atom stereocenters. The van der Waals surface area contributed by atoms with Crippen molar-refractivity contribution < 1.29 is 4.39 Å². The highest BCUT2D eigenvalue weighted by atomic mass is 19.1. The van der Waals surface area contributed by atoms with Crippen molar-refractivity contribution in [2.24, 2.45) is 0 Å². The monoisotopic (exact) mass is 271 g/mol. The molecule has 0 saturated heterocycles. The minimum absolute atomic E-state index is 0.155. The lowest BCUT2D eigenvalue weighted by Gasteiger charge is -2.04. The SMILES string of the molecule is CCc1cc(=O)[nH]c2c1c(C)nn2-c1ccc(F)cc1. The molecule has 102 valence electrons. The molecule has 0 saturated carbocycles. The Morgan fingerprint density at radius 1 is 1.30 bits per heavy atom. The third-order valence-corrected chi connectivity index (χ3v) is 3.38. The largest absolute Gasteiger partial charge is 0.306 e. The number of nitrogens with one attached hydrogen (secondary N) is 1. The molecule has 4 nitrogen and oxygen atoms in total. The molecule has 0 amide bonds. The van der Waals surface area contributed by atoms with Crippen LogP contribution in [0, 0.1) is 12.7 Å². The van der Waals surface area contributed by atoms with Crippen LogP contribution in [0.25, 0.3) is 16.7 Å². The number of halogens is 1. The van der Waals surface area contributed by atoms with Gasteiger partial charge in [0.1, 0.15) is 11.5 Å². The van der Waals surface area contributed by atoms with E-state index in [1.807, 2.05) is 13.8 Å². The third-order valence-electron chi connectivity index (χ3n) is 3.38. The zero-order valence-corrected chi connectivity index (χ0v) is 11.3. The van der Waals surface area contributed by atoms with Crippen LogP contribution in [0.1, 0.15) is 18.2 Å². The number of rotatable bonds is 2. The summed E-state index contributed by atoms with van der Waals surface area (Å²) in [6, 6.07) is 7.63. The Bertz CT molecular complexity index is 831. The van der Waals surface area contributed by atoms with Gasteiger partial charge in [0.05, 0.1) is 11.4 Å². The molecule has 3 aromatic rings. The van der Waals surface area contributed by atoms with Gasteiger partial charge in [0, 0.05) is 11.5 Å². The average molecular weight is 271 g/mol. The van der Waals surface area contributed by atoms with Crippen molar-refractivity contribution in [3.63, 3.8) is 0 Å². The molecule has 0 spiro atoms. The van der Waals surface area contributed by atoms with E-state index in [0.29, 0.717) is 11.3 Å². The van der Waals surface area contributed by atoms with Gasteiger partial charge in [0.15, 0.2) is 0 Å². The van der Waals surface area contributed by atoms with Gasteiger partial charge < -0.3 is 4.98 Å². The topological polar surface area (TPSA) is 50.7 Å². The van der Waals surface area contributed by atoms with E-state index in [9.17, 15) is 9.18 Å². The summed E-state index contributed by atoms with van der Waals surface area (Å²) in [5.41, 5.74) is 3.02. The number of fused-ring (bicyclic) bond motifs is 1. The zero-order valence-electron chi connectivity index (χ0n) is 11.3. The van der Waals surface area contributed by atoms with Gasteiger partial charge in [-0.1, -0.05) is 6.92 Å². The van der Waals surface area contributed by atoms with Crippen LogP contribution in [-0.2, 0) is 6.42 Å². The van der Waals surface area contributed by atoms with E-state index in [0.717, 1.165) is 23.1 Å². The average Bonchev–Trinajstić information content (AvgIpc) is 2.76. The van der Waals surface area contributed by atoms with Crippen molar-refractivity contribution >= 4 is 11.0 Å². The van der Waals surface area contributed by atoms with Crippen molar-refractivity contribution in [1.29, 1.82) is 0 Å². The van der Waals surface area contributed by atoms with Gasteiger partial charge in [-0.15, -0.1) is 0 Å². The summed E-state index contributed by atoms with van der Waals surface area (Å²) in [5.74, 6) is -0.301. The number of aromatic nitrogens is 3. The van der Waals surface area contributed by atoms with Crippen LogP contribution in [0.3, 0.4) is 0 Å². The van der Waals surface area contributed by atoms with Gasteiger partial charge in [0.2, 0.25) is 5.56 Å². The van der Waals surface area contributed by atoms with Crippen molar-refractivity contribution in [2.45, 2.75) is 20.3 Å². The highest BCUT2D eigenvalue weighted by Gasteiger charge is 2.13. The van der Waals surface area contributed by atoms with Gasteiger partial charge in [-0.2, -0.15) is 5.10 Å². The van der Waals surface area contributed by atoms with Crippen LogP contribution < -0.4 is 5.56 Å². The van der Waals surface area contributed by atoms with E-state index < -0.39 is 0 Å². The third kappa shape index (κ3) is 1.91. The zero-order chi connectivity index (χ0) is 14.3. The molecule has 20 heavy (non-hydrogen) atoms. The van der Waals surface area contributed by atoms with Crippen LogP contribution in [0.2, 0.25) is 0 Å². The van der Waals surface area contributed by atoms with Gasteiger partial charge >= 0.3 is 0 Å². The normalized spacial score (nSPS) is 11.2. The molecule has 0 bridgehead atoms. The number of pyridine rings is 1. The molecule has 0 aliphatic rings. The second-order valence-corrected chi connectivity index (χ2v) is 4.71. The summed E-state index contributed by atoms with van der Waals surface area (Å²) >= 11 is 0. The predicted octanol–water partition coefficient (Wildman–Crippen LogP) is 2.72. The Labute approximate surface area is 114 Å². The van der Waals surface area contributed by atoms with Gasteiger partial charge in [-0.3, -0.25) is 4.79 Å². The van der Waals surface area contributed by atoms with Crippen LogP contribution in [0.15, 0.2) is 35.1 Å². The number of aromatic amines is 1. The molecular weight excluding hydrogens is 257 g/mol. The highest BCUT2D eigenvalue weighted by Crippen LogP contribution is 2.22. The quantitative estimate of drug-likeness (QED) is 0.779. The Hall–Kier alpha value is -2.43. The van der Waals surface area contributed by atoms with Crippen molar-refractivity contribution in [2.75, 3.05) is 0 Å². The smallest absolute Gasteiger partial charge is 0.249 e. The number of aryl methyl sites for hydroxylation is 2. The van der Waals surface area contributed by atoms with Crippen molar-refractivity contribution in [3.05, 3.63) is 57.8 Å². The van der Waals surface area contributed by atoms with Crippen LogP contribution in [-0.4, -0.2) is 14.8 Å². The number of hydrogen-bond donors (Lipinski definition) is 1. The molecule has 0 fully saturated rings. The van der Waals surface area contributed by atoms with Gasteiger partial charge in [0.25, 0.3) is 0 Å². The lowest BCUT2D eigenvalue weighted by atomic mass is 10.1. The first-order valence-corrected chi connectivity index (χ1v) is 6.47. The summed E-state index contributed by atoms with van der Waals surface area (Å²) in [6.45, 7) is 3.91. The molecule has 0 radical (unpaired) electrons. The lowest BCUT2D eigenvalue weighted by Crippen LogP contribution is -2.08. The number of nitrogens with zero attached hydrogens (tertiary/aromatic N) is 2. The summed E-state index contributed by atoms with van der Waals surface area (Å²) in [6.07, 6.45) is 0.760. The molecule has 3 rings (SSSR count).